The minimum Gasteiger partial charge on any atom is -0.306 e. The lowest BCUT2D eigenvalue weighted by Gasteiger charge is -2.18. The third-order valence-electron chi connectivity index (χ3n) is 3.06. The molecule has 0 amide bonds. The molecule has 0 saturated heterocycles. The van der Waals surface area contributed by atoms with E-state index in [1.165, 1.54) is 4.88 Å². The topological polar surface area (TPSA) is 12.0 Å². The summed E-state index contributed by atoms with van der Waals surface area (Å²) in [5.41, 5.74) is 1.78. The van der Waals surface area contributed by atoms with Gasteiger partial charge < -0.3 is 5.32 Å². The van der Waals surface area contributed by atoms with Crippen molar-refractivity contribution in [1.82, 2.24) is 5.32 Å². The lowest BCUT2D eigenvalue weighted by molar-refractivity contribution is 0.595. The summed E-state index contributed by atoms with van der Waals surface area (Å²) in [6, 6.07) is 7.53. The first-order valence-corrected chi connectivity index (χ1v) is 8.87. The largest absolute Gasteiger partial charge is 0.306 e. The Morgan fingerprint density at radius 2 is 2.05 bits per heavy atom. The molecular weight excluding hydrogens is 405 g/mol. The second kappa shape index (κ2) is 7.16. The molecule has 0 aliphatic carbocycles. The van der Waals surface area contributed by atoms with Crippen LogP contribution >= 0.6 is 43.2 Å². The predicted molar refractivity (Wildman–Crippen MR) is 91.0 cm³/mol. The van der Waals surface area contributed by atoms with Crippen molar-refractivity contribution >= 4 is 43.2 Å². The fourth-order valence-electron chi connectivity index (χ4n) is 2.02. The van der Waals surface area contributed by atoms with E-state index in [0.29, 0.717) is 5.56 Å². The molecule has 108 valence electrons. The molecular formula is C15H16Br2FNS. The van der Waals surface area contributed by atoms with Gasteiger partial charge >= 0.3 is 0 Å². The van der Waals surface area contributed by atoms with E-state index in [-0.39, 0.29) is 11.9 Å². The zero-order valence-electron chi connectivity index (χ0n) is 11.3. The van der Waals surface area contributed by atoms with Gasteiger partial charge in [0, 0.05) is 9.35 Å². The van der Waals surface area contributed by atoms with Gasteiger partial charge in [0.05, 0.1) is 9.83 Å². The van der Waals surface area contributed by atoms with E-state index in [2.05, 4.69) is 50.2 Å². The summed E-state index contributed by atoms with van der Waals surface area (Å²) >= 11 is 8.75. The smallest absolute Gasteiger partial charge is 0.126 e. The summed E-state index contributed by atoms with van der Waals surface area (Å²) in [6.07, 6.45) is 1.06. The third kappa shape index (κ3) is 3.70. The Labute approximate surface area is 139 Å². The van der Waals surface area contributed by atoms with Gasteiger partial charge in [-0.2, -0.15) is 0 Å². The zero-order chi connectivity index (χ0) is 14.7. The summed E-state index contributed by atoms with van der Waals surface area (Å²) < 4.78 is 15.6. The van der Waals surface area contributed by atoms with Crippen LogP contribution in [0.25, 0.3) is 0 Å². The molecule has 0 aliphatic heterocycles. The number of thiophene rings is 1. The van der Waals surface area contributed by atoms with Crippen LogP contribution in [0.3, 0.4) is 0 Å². The molecule has 1 atom stereocenters. The molecule has 2 rings (SSSR count). The van der Waals surface area contributed by atoms with Gasteiger partial charge in [-0.3, -0.25) is 0 Å². The quantitative estimate of drug-likeness (QED) is 0.643. The van der Waals surface area contributed by atoms with E-state index >= 15 is 0 Å². The van der Waals surface area contributed by atoms with Crippen LogP contribution in [0.5, 0.6) is 0 Å². The highest BCUT2D eigenvalue weighted by Gasteiger charge is 2.18. The summed E-state index contributed by atoms with van der Waals surface area (Å²) in [4.78, 5) is 1.21. The van der Waals surface area contributed by atoms with Crippen LogP contribution in [0, 0.1) is 12.7 Å². The molecule has 0 radical (unpaired) electrons. The second-order valence-electron chi connectivity index (χ2n) is 4.67. The summed E-state index contributed by atoms with van der Waals surface area (Å²) in [7, 11) is 0. The Morgan fingerprint density at radius 3 is 2.60 bits per heavy atom. The average molecular weight is 421 g/mol. The van der Waals surface area contributed by atoms with Crippen molar-refractivity contribution in [1.29, 1.82) is 0 Å². The minimum absolute atomic E-state index is 0.0989. The predicted octanol–water partition coefficient (Wildman–Crippen LogP) is 5.81. The summed E-state index contributed by atoms with van der Waals surface area (Å²) in [5.74, 6) is -0.156. The zero-order valence-corrected chi connectivity index (χ0v) is 15.3. The lowest BCUT2D eigenvalue weighted by atomic mass is 10.0. The third-order valence-corrected chi connectivity index (χ3v) is 6.38. The Kier molecular flexibility index (Phi) is 5.78. The van der Waals surface area contributed by atoms with Crippen molar-refractivity contribution in [2.45, 2.75) is 26.3 Å². The number of benzene rings is 1. The van der Waals surface area contributed by atoms with Gasteiger partial charge in [-0.15, -0.1) is 11.3 Å². The number of halogens is 3. The number of hydrogen-bond donors (Lipinski definition) is 1. The molecule has 1 heterocycles. The first-order valence-electron chi connectivity index (χ1n) is 6.47. The normalized spacial score (nSPS) is 12.7. The van der Waals surface area contributed by atoms with Gasteiger partial charge in [-0.25, -0.2) is 4.39 Å². The molecule has 0 aliphatic rings. The highest BCUT2D eigenvalue weighted by atomic mass is 79.9. The van der Waals surface area contributed by atoms with Crippen molar-refractivity contribution in [2.24, 2.45) is 0 Å². The van der Waals surface area contributed by atoms with Crippen molar-refractivity contribution in [3.05, 3.63) is 54.3 Å². The number of nitrogens with one attached hydrogen (secondary N) is 1. The minimum atomic E-state index is -0.156. The molecule has 2 aromatic rings. The highest BCUT2D eigenvalue weighted by Crippen LogP contribution is 2.37. The van der Waals surface area contributed by atoms with Gasteiger partial charge in [-0.1, -0.05) is 19.1 Å². The van der Waals surface area contributed by atoms with Crippen LogP contribution < -0.4 is 5.32 Å². The molecule has 0 fully saturated rings. The van der Waals surface area contributed by atoms with Crippen LogP contribution in [0.15, 0.2) is 32.5 Å². The van der Waals surface area contributed by atoms with Crippen molar-refractivity contribution in [3.8, 4) is 0 Å². The van der Waals surface area contributed by atoms with Gasteiger partial charge in [0.15, 0.2) is 0 Å². The molecule has 1 unspecified atom stereocenters. The van der Waals surface area contributed by atoms with E-state index in [1.54, 1.807) is 24.3 Å². The first-order chi connectivity index (χ1) is 9.52. The molecule has 20 heavy (non-hydrogen) atoms. The fourth-order valence-corrected chi connectivity index (χ4v) is 4.22. The van der Waals surface area contributed by atoms with E-state index in [0.717, 1.165) is 26.8 Å². The Hall–Kier alpha value is -0.230. The molecule has 0 spiro atoms. The van der Waals surface area contributed by atoms with E-state index in [4.69, 9.17) is 0 Å². The van der Waals surface area contributed by atoms with Crippen molar-refractivity contribution < 1.29 is 4.39 Å². The molecule has 5 heteroatoms. The number of aryl methyl sites for hydroxylation is 1. The SMILES string of the molecule is CCCNC(c1ccc(F)c(C)c1)c1cc(Br)c(Br)s1. The maximum atomic E-state index is 13.5. The van der Waals surface area contributed by atoms with Crippen LogP contribution in [-0.4, -0.2) is 6.54 Å². The summed E-state index contributed by atoms with van der Waals surface area (Å²) in [5, 5.41) is 3.54. The molecule has 0 saturated carbocycles. The summed E-state index contributed by atoms with van der Waals surface area (Å²) in [6.45, 7) is 4.87. The monoisotopic (exact) mass is 419 g/mol. The average Bonchev–Trinajstić information content (AvgIpc) is 2.74. The van der Waals surface area contributed by atoms with E-state index < -0.39 is 0 Å². The molecule has 0 bridgehead atoms. The maximum absolute atomic E-state index is 13.5. The fraction of sp³-hybridized carbons (Fsp3) is 0.333. The first kappa shape index (κ1) is 16.1. The number of hydrogen-bond acceptors (Lipinski definition) is 2. The second-order valence-corrected chi connectivity index (χ2v) is 7.92. The van der Waals surface area contributed by atoms with E-state index in [9.17, 15) is 4.39 Å². The van der Waals surface area contributed by atoms with Gasteiger partial charge in [0.25, 0.3) is 0 Å². The molecule has 1 aromatic heterocycles. The van der Waals surface area contributed by atoms with Crippen LogP contribution in [0.1, 0.15) is 35.4 Å². The lowest BCUT2D eigenvalue weighted by Crippen LogP contribution is -2.22. The Bertz CT molecular complexity index is 578. The van der Waals surface area contributed by atoms with Crippen molar-refractivity contribution in [3.63, 3.8) is 0 Å². The maximum Gasteiger partial charge on any atom is 0.126 e. The molecule has 1 N–H and O–H groups in total. The van der Waals surface area contributed by atoms with Crippen LogP contribution in [0.2, 0.25) is 0 Å². The van der Waals surface area contributed by atoms with E-state index in [1.807, 2.05) is 12.1 Å². The Morgan fingerprint density at radius 1 is 1.30 bits per heavy atom. The number of rotatable bonds is 5. The Balaban J connectivity index is 2.38. The van der Waals surface area contributed by atoms with Crippen LogP contribution in [0.4, 0.5) is 4.39 Å². The van der Waals surface area contributed by atoms with Gasteiger partial charge in [-0.05, 0) is 75.0 Å². The van der Waals surface area contributed by atoms with Gasteiger partial charge in [0.1, 0.15) is 5.82 Å². The van der Waals surface area contributed by atoms with Gasteiger partial charge in [0.2, 0.25) is 0 Å². The standard InChI is InChI=1S/C15H16Br2FNS/c1-3-6-19-14(13-8-11(16)15(17)20-13)10-4-5-12(18)9(2)7-10/h4-5,7-8,14,19H,3,6H2,1-2H3. The molecule has 1 aromatic carbocycles. The highest BCUT2D eigenvalue weighted by molar-refractivity contribution is 9.13. The van der Waals surface area contributed by atoms with Crippen LogP contribution in [-0.2, 0) is 0 Å². The van der Waals surface area contributed by atoms with Crippen molar-refractivity contribution in [2.75, 3.05) is 6.54 Å². The molecule has 1 nitrogen and oxygen atoms in total.